The summed E-state index contributed by atoms with van der Waals surface area (Å²) in [6.45, 7) is 1.87. The highest BCUT2D eigenvalue weighted by atomic mass is 16.3. The minimum atomic E-state index is -0.162. The molecule has 2 N–H and O–H groups in total. The van der Waals surface area contributed by atoms with Gasteiger partial charge in [0.2, 0.25) is 0 Å². The van der Waals surface area contributed by atoms with Crippen LogP contribution in [0, 0.1) is 11.3 Å². The van der Waals surface area contributed by atoms with Crippen molar-refractivity contribution in [1.82, 2.24) is 0 Å². The first-order valence-corrected chi connectivity index (χ1v) is 4.98. The molecule has 0 heterocycles. The number of nitrogens with zero attached hydrogens (tertiary/aromatic N) is 1. The summed E-state index contributed by atoms with van der Waals surface area (Å²) < 4.78 is 0. The Hall–Kier alpha value is -1.53. The zero-order valence-electron chi connectivity index (χ0n) is 8.77. The van der Waals surface area contributed by atoms with E-state index >= 15 is 0 Å². The Morgan fingerprint density at radius 3 is 2.80 bits per heavy atom. The second-order valence-corrected chi connectivity index (χ2v) is 3.64. The lowest BCUT2D eigenvalue weighted by Gasteiger charge is -2.11. The highest BCUT2D eigenvalue weighted by Crippen LogP contribution is 2.25. The molecule has 1 aromatic rings. The molecule has 0 amide bonds. The molecule has 1 rings (SSSR count). The highest BCUT2D eigenvalue weighted by Gasteiger charge is 2.08. The molecule has 0 aliphatic carbocycles. The van der Waals surface area contributed by atoms with Gasteiger partial charge in [0.1, 0.15) is 5.75 Å². The molecule has 0 spiro atoms. The predicted octanol–water partition coefficient (Wildman–Crippen LogP) is 2.29. The van der Waals surface area contributed by atoms with Crippen LogP contribution in [0.1, 0.15) is 36.8 Å². The Balaban J connectivity index is 2.82. The van der Waals surface area contributed by atoms with Crippen LogP contribution in [-0.2, 0) is 6.61 Å². The molecule has 0 saturated heterocycles. The Morgan fingerprint density at radius 1 is 1.47 bits per heavy atom. The van der Waals surface area contributed by atoms with E-state index in [0.29, 0.717) is 12.0 Å². The van der Waals surface area contributed by atoms with Gasteiger partial charge in [-0.2, -0.15) is 5.26 Å². The molecule has 0 aliphatic heterocycles. The molecule has 0 bridgehead atoms. The molecule has 3 heteroatoms. The van der Waals surface area contributed by atoms with Crippen molar-refractivity contribution >= 4 is 0 Å². The molecule has 0 radical (unpaired) electrons. The SMILES string of the molecule is CC(CCC#N)c1ccc(O)c(CO)c1. The summed E-state index contributed by atoms with van der Waals surface area (Å²) in [5, 5.41) is 26.8. The average molecular weight is 205 g/mol. The summed E-state index contributed by atoms with van der Waals surface area (Å²) >= 11 is 0. The van der Waals surface area contributed by atoms with Crippen molar-refractivity contribution in [2.75, 3.05) is 0 Å². The van der Waals surface area contributed by atoms with E-state index in [4.69, 9.17) is 10.4 Å². The Kier molecular flexibility index (Phi) is 4.14. The fourth-order valence-electron chi connectivity index (χ4n) is 1.49. The molecular formula is C12H15NO2. The van der Waals surface area contributed by atoms with Gasteiger partial charge in [-0.15, -0.1) is 0 Å². The molecule has 3 nitrogen and oxygen atoms in total. The predicted molar refractivity (Wildman–Crippen MR) is 57.3 cm³/mol. The summed E-state index contributed by atoms with van der Waals surface area (Å²) in [5.41, 5.74) is 1.59. The maximum absolute atomic E-state index is 9.38. The molecule has 1 atom stereocenters. The number of aliphatic hydroxyl groups excluding tert-OH is 1. The monoisotopic (exact) mass is 205 g/mol. The highest BCUT2D eigenvalue weighted by molar-refractivity contribution is 5.36. The smallest absolute Gasteiger partial charge is 0.121 e. The lowest BCUT2D eigenvalue weighted by Crippen LogP contribution is -1.95. The van der Waals surface area contributed by atoms with Gasteiger partial charge in [0.05, 0.1) is 12.7 Å². The maximum atomic E-state index is 9.38. The van der Waals surface area contributed by atoms with Gasteiger partial charge in [0, 0.05) is 12.0 Å². The average Bonchev–Trinajstić information content (AvgIpc) is 2.26. The quantitative estimate of drug-likeness (QED) is 0.792. The topological polar surface area (TPSA) is 64.2 Å². The Morgan fingerprint density at radius 2 is 2.20 bits per heavy atom. The van der Waals surface area contributed by atoms with Gasteiger partial charge < -0.3 is 10.2 Å². The van der Waals surface area contributed by atoms with Gasteiger partial charge >= 0.3 is 0 Å². The summed E-state index contributed by atoms with van der Waals surface area (Å²) in [6, 6.07) is 7.32. The van der Waals surface area contributed by atoms with Crippen molar-refractivity contribution in [2.24, 2.45) is 0 Å². The molecule has 0 saturated carbocycles. The molecule has 0 fully saturated rings. The van der Waals surface area contributed by atoms with Gasteiger partial charge in [0.25, 0.3) is 0 Å². The van der Waals surface area contributed by atoms with Crippen molar-refractivity contribution in [3.05, 3.63) is 29.3 Å². The second kappa shape index (κ2) is 5.38. The van der Waals surface area contributed by atoms with E-state index in [9.17, 15) is 5.11 Å². The van der Waals surface area contributed by atoms with Gasteiger partial charge in [0.15, 0.2) is 0 Å². The lowest BCUT2D eigenvalue weighted by atomic mass is 9.95. The minimum Gasteiger partial charge on any atom is -0.508 e. The first kappa shape index (κ1) is 11.5. The second-order valence-electron chi connectivity index (χ2n) is 3.64. The molecule has 1 unspecified atom stereocenters. The van der Waals surface area contributed by atoms with E-state index in [-0.39, 0.29) is 18.3 Å². The summed E-state index contributed by atoms with van der Waals surface area (Å²) in [6.07, 6.45) is 1.32. The van der Waals surface area contributed by atoms with Crippen LogP contribution in [0.2, 0.25) is 0 Å². The molecule has 80 valence electrons. The summed E-state index contributed by atoms with van der Waals surface area (Å²) in [4.78, 5) is 0. The van der Waals surface area contributed by atoms with Crippen molar-refractivity contribution in [1.29, 1.82) is 5.26 Å². The van der Waals surface area contributed by atoms with Crippen LogP contribution in [0.4, 0.5) is 0 Å². The Labute approximate surface area is 89.6 Å². The summed E-state index contributed by atoms with van der Waals surface area (Å²) in [7, 11) is 0. The van der Waals surface area contributed by atoms with Crippen molar-refractivity contribution in [3.8, 4) is 11.8 Å². The van der Waals surface area contributed by atoms with E-state index < -0.39 is 0 Å². The van der Waals surface area contributed by atoms with Crippen LogP contribution >= 0.6 is 0 Å². The Bertz CT molecular complexity index is 368. The van der Waals surface area contributed by atoms with Crippen LogP contribution in [0.25, 0.3) is 0 Å². The third-order valence-electron chi connectivity index (χ3n) is 2.53. The number of hydrogen-bond donors (Lipinski definition) is 2. The summed E-state index contributed by atoms with van der Waals surface area (Å²) in [5.74, 6) is 0.393. The molecule has 1 aromatic carbocycles. The number of hydrogen-bond acceptors (Lipinski definition) is 3. The first-order valence-electron chi connectivity index (χ1n) is 4.98. The number of nitriles is 1. The lowest BCUT2D eigenvalue weighted by molar-refractivity contribution is 0.275. The van der Waals surface area contributed by atoms with E-state index in [1.54, 1.807) is 12.1 Å². The van der Waals surface area contributed by atoms with Crippen molar-refractivity contribution < 1.29 is 10.2 Å². The third kappa shape index (κ3) is 2.97. The van der Waals surface area contributed by atoms with E-state index in [1.165, 1.54) is 0 Å². The van der Waals surface area contributed by atoms with Gasteiger partial charge in [-0.1, -0.05) is 13.0 Å². The third-order valence-corrected chi connectivity index (χ3v) is 2.53. The van der Waals surface area contributed by atoms with Crippen LogP contribution < -0.4 is 0 Å². The molecule has 0 aliphatic rings. The van der Waals surface area contributed by atoms with Gasteiger partial charge in [-0.05, 0) is 30.0 Å². The van der Waals surface area contributed by atoms with Gasteiger partial charge in [-0.3, -0.25) is 0 Å². The number of aromatic hydroxyl groups is 1. The minimum absolute atomic E-state index is 0.119. The van der Waals surface area contributed by atoms with Gasteiger partial charge in [-0.25, -0.2) is 0 Å². The fourth-order valence-corrected chi connectivity index (χ4v) is 1.49. The normalized spacial score (nSPS) is 12.1. The van der Waals surface area contributed by atoms with E-state index in [2.05, 4.69) is 6.07 Å². The fraction of sp³-hybridized carbons (Fsp3) is 0.417. The number of aliphatic hydroxyl groups is 1. The molecule has 0 aromatic heterocycles. The molecule has 15 heavy (non-hydrogen) atoms. The van der Waals surface area contributed by atoms with Crippen LogP contribution in [-0.4, -0.2) is 10.2 Å². The van der Waals surface area contributed by atoms with Crippen molar-refractivity contribution in [3.63, 3.8) is 0 Å². The zero-order valence-corrected chi connectivity index (χ0v) is 8.77. The zero-order chi connectivity index (χ0) is 11.3. The van der Waals surface area contributed by atoms with Crippen molar-refractivity contribution in [2.45, 2.75) is 32.3 Å². The number of benzene rings is 1. The van der Waals surface area contributed by atoms with Crippen LogP contribution in [0.15, 0.2) is 18.2 Å². The van der Waals surface area contributed by atoms with Crippen LogP contribution in [0.3, 0.4) is 0 Å². The largest absolute Gasteiger partial charge is 0.508 e. The van der Waals surface area contributed by atoms with E-state index in [0.717, 1.165) is 12.0 Å². The molecular weight excluding hydrogens is 190 g/mol. The number of rotatable bonds is 4. The van der Waals surface area contributed by atoms with E-state index in [1.807, 2.05) is 13.0 Å². The maximum Gasteiger partial charge on any atom is 0.121 e. The standard InChI is InChI=1S/C12H15NO2/c1-9(3-2-6-13)10-4-5-12(15)11(7-10)8-14/h4-5,7,9,14-15H,2-3,8H2,1H3. The number of phenols is 1. The first-order chi connectivity index (χ1) is 7.19. The van der Waals surface area contributed by atoms with Crippen LogP contribution in [0.5, 0.6) is 5.75 Å².